The number of hydrogen-bond acceptors (Lipinski definition) is 4. The van der Waals surface area contributed by atoms with Gasteiger partial charge in [0.15, 0.2) is 11.5 Å². The Morgan fingerprint density at radius 1 is 1.00 bits per heavy atom. The molecule has 120 valence electrons. The third-order valence-corrected chi connectivity index (χ3v) is 3.06. The molecule has 0 saturated carbocycles. The van der Waals surface area contributed by atoms with Gasteiger partial charge in [-0.2, -0.15) is 5.26 Å². The first-order chi connectivity index (χ1) is 11.1. The van der Waals surface area contributed by atoms with Gasteiger partial charge >= 0.3 is 0 Å². The Morgan fingerprint density at radius 2 is 1.74 bits per heavy atom. The fraction of sp³-hybridized carbons (Fsp3) is 0.316. The van der Waals surface area contributed by atoms with Gasteiger partial charge in [-0.25, -0.2) is 0 Å². The van der Waals surface area contributed by atoms with E-state index < -0.39 is 0 Å². The molecule has 0 aromatic heterocycles. The molecule has 0 aliphatic rings. The average molecular weight is 311 g/mol. The number of rotatable bonds is 7. The number of ether oxygens (including phenoxy) is 3. The maximum absolute atomic E-state index is 8.96. The molecule has 2 rings (SSSR count). The van der Waals surface area contributed by atoms with Crippen LogP contribution in [0.4, 0.5) is 0 Å². The van der Waals surface area contributed by atoms with Gasteiger partial charge in [0.1, 0.15) is 12.4 Å². The molecule has 0 aliphatic heterocycles. The zero-order valence-electron chi connectivity index (χ0n) is 13.7. The minimum atomic E-state index is 0.157. The molecule has 2 aromatic carbocycles. The number of hydrogen-bond donors (Lipinski definition) is 0. The lowest BCUT2D eigenvalue weighted by Gasteiger charge is -2.13. The van der Waals surface area contributed by atoms with Crippen molar-refractivity contribution in [3.05, 3.63) is 53.6 Å². The van der Waals surface area contributed by atoms with E-state index in [0.717, 1.165) is 11.3 Å². The molecule has 0 unspecified atom stereocenters. The van der Waals surface area contributed by atoms with Crippen molar-refractivity contribution in [2.75, 3.05) is 6.61 Å². The molecule has 0 N–H and O–H groups in total. The average Bonchev–Trinajstić information content (AvgIpc) is 2.54. The summed E-state index contributed by atoms with van der Waals surface area (Å²) in [6.07, 6.45) is 0.157. The summed E-state index contributed by atoms with van der Waals surface area (Å²) in [4.78, 5) is 0. The van der Waals surface area contributed by atoms with Gasteiger partial charge in [-0.05, 0) is 50.6 Å². The van der Waals surface area contributed by atoms with Crippen molar-refractivity contribution >= 4 is 0 Å². The predicted molar refractivity (Wildman–Crippen MR) is 88.9 cm³/mol. The molecule has 0 spiro atoms. The van der Waals surface area contributed by atoms with Crippen LogP contribution in [0.1, 0.15) is 31.9 Å². The maximum Gasteiger partial charge on any atom is 0.162 e. The third kappa shape index (κ3) is 4.93. The smallest absolute Gasteiger partial charge is 0.162 e. The molecule has 0 radical (unpaired) electrons. The van der Waals surface area contributed by atoms with Gasteiger partial charge in [0, 0.05) is 6.07 Å². The van der Waals surface area contributed by atoms with Crippen LogP contribution in [0.3, 0.4) is 0 Å². The summed E-state index contributed by atoms with van der Waals surface area (Å²) in [5.74, 6) is 2.07. The van der Waals surface area contributed by atoms with E-state index in [4.69, 9.17) is 19.5 Å². The molecule has 0 heterocycles. The topological polar surface area (TPSA) is 51.5 Å². The Labute approximate surface area is 137 Å². The highest BCUT2D eigenvalue weighted by Gasteiger charge is 2.07. The van der Waals surface area contributed by atoms with Crippen LogP contribution in [0.2, 0.25) is 0 Å². The number of benzene rings is 2. The van der Waals surface area contributed by atoms with Gasteiger partial charge < -0.3 is 14.2 Å². The van der Waals surface area contributed by atoms with Crippen LogP contribution >= 0.6 is 0 Å². The van der Waals surface area contributed by atoms with Crippen molar-refractivity contribution < 1.29 is 14.2 Å². The van der Waals surface area contributed by atoms with Crippen LogP contribution in [0.25, 0.3) is 0 Å². The maximum atomic E-state index is 8.96. The lowest BCUT2D eigenvalue weighted by Crippen LogP contribution is -2.05. The van der Waals surface area contributed by atoms with Crippen molar-refractivity contribution in [3.8, 4) is 23.3 Å². The minimum Gasteiger partial charge on any atom is -0.491 e. The summed E-state index contributed by atoms with van der Waals surface area (Å²) in [5, 5.41) is 8.96. The summed E-state index contributed by atoms with van der Waals surface area (Å²) >= 11 is 0. The van der Waals surface area contributed by atoms with Crippen LogP contribution in [-0.4, -0.2) is 12.7 Å². The highest BCUT2D eigenvalue weighted by molar-refractivity contribution is 5.46. The summed E-state index contributed by atoms with van der Waals surface area (Å²) in [6, 6.07) is 15.1. The first-order valence-corrected chi connectivity index (χ1v) is 7.67. The van der Waals surface area contributed by atoms with E-state index in [1.807, 2.05) is 45.0 Å². The van der Waals surface area contributed by atoms with Gasteiger partial charge in [-0.1, -0.05) is 12.1 Å². The second-order valence-corrected chi connectivity index (χ2v) is 5.31. The molecule has 0 bridgehead atoms. The zero-order valence-corrected chi connectivity index (χ0v) is 13.7. The first-order valence-electron chi connectivity index (χ1n) is 7.67. The second-order valence-electron chi connectivity index (χ2n) is 5.31. The molecule has 4 nitrogen and oxygen atoms in total. The van der Waals surface area contributed by atoms with E-state index in [1.165, 1.54) is 0 Å². The van der Waals surface area contributed by atoms with E-state index in [1.54, 1.807) is 18.2 Å². The molecular weight excluding hydrogens is 290 g/mol. The Kier molecular flexibility index (Phi) is 5.87. The van der Waals surface area contributed by atoms with Crippen molar-refractivity contribution in [2.24, 2.45) is 0 Å². The largest absolute Gasteiger partial charge is 0.491 e. The van der Waals surface area contributed by atoms with Gasteiger partial charge in [0.2, 0.25) is 0 Å². The van der Waals surface area contributed by atoms with Crippen LogP contribution in [0.5, 0.6) is 17.2 Å². The van der Waals surface area contributed by atoms with Crippen LogP contribution in [0, 0.1) is 11.3 Å². The Balaban J connectivity index is 2.04. The molecule has 0 amide bonds. The predicted octanol–water partition coefficient (Wildman–Crippen LogP) is 4.32. The van der Waals surface area contributed by atoms with Gasteiger partial charge in [0.05, 0.1) is 24.3 Å². The number of nitrogens with zero attached hydrogens (tertiary/aromatic N) is 1. The fourth-order valence-corrected chi connectivity index (χ4v) is 2.06. The lowest BCUT2D eigenvalue weighted by molar-refractivity contribution is 0.242. The van der Waals surface area contributed by atoms with Gasteiger partial charge in [-0.3, -0.25) is 0 Å². The second kappa shape index (κ2) is 8.09. The SMILES string of the molecule is CCOc1cc(C#N)ccc1OCc1ccc(OC(C)C)cc1. The minimum absolute atomic E-state index is 0.157. The zero-order chi connectivity index (χ0) is 16.7. The normalized spacial score (nSPS) is 10.2. The van der Waals surface area contributed by atoms with Crippen LogP contribution < -0.4 is 14.2 Å². The molecular formula is C19H21NO3. The van der Waals surface area contributed by atoms with Crippen LogP contribution in [0.15, 0.2) is 42.5 Å². The quantitative estimate of drug-likeness (QED) is 0.764. The van der Waals surface area contributed by atoms with E-state index in [-0.39, 0.29) is 6.10 Å². The summed E-state index contributed by atoms with van der Waals surface area (Å²) in [5.41, 5.74) is 1.59. The highest BCUT2D eigenvalue weighted by atomic mass is 16.5. The van der Waals surface area contributed by atoms with E-state index in [0.29, 0.717) is 30.3 Å². The molecule has 23 heavy (non-hydrogen) atoms. The molecule has 4 heteroatoms. The van der Waals surface area contributed by atoms with Crippen molar-refractivity contribution in [1.29, 1.82) is 5.26 Å². The summed E-state index contributed by atoms with van der Waals surface area (Å²) in [7, 11) is 0. The van der Waals surface area contributed by atoms with Crippen molar-refractivity contribution in [3.63, 3.8) is 0 Å². The number of nitriles is 1. The fourth-order valence-electron chi connectivity index (χ4n) is 2.06. The Morgan fingerprint density at radius 3 is 2.35 bits per heavy atom. The molecule has 0 atom stereocenters. The monoisotopic (exact) mass is 311 g/mol. The van der Waals surface area contributed by atoms with Crippen molar-refractivity contribution in [2.45, 2.75) is 33.5 Å². The summed E-state index contributed by atoms with van der Waals surface area (Å²) < 4.78 is 17.0. The van der Waals surface area contributed by atoms with Crippen molar-refractivity contribution in [1.82, 2.24) is 0 Å². The van der Waals surface area contributed by atoms with Gasteiger partial charge in [0.25, 0.3) is 0 Å². The van der Waals surface area contributed by atoms with Gasteiger partial charge in [-0.15, -0.1) is 0 Å². The van der Waals surface area contributed by atoms with Crippen LogP contribution in [-0.2, 0) is 6.61 Å². The Bertz CT molecular complexity index is 672. The third-order valence-electron chi connectivity index (χ3n) is 3.06. The van der Waals surface area contributed by atoms with E-state index in [9.17, 15) is 0 Å². The molecule has 0 fully saturated rings. The molecule has 0 aliphatic carbocycles. The standard InChI is InChI=1S/C19H21NO3/c1-4-21-19-11-16(12-20)7-10-18(19)22-13-15-5-8-17(9-6-15)23-14(2)3/h5-11,14H,4,13H2,1-3H3. The van der Waals surface area contributed by atoms with E-state index in [2.05, 4.69) is 6.07 Å². The molecule has 2 aromatic rings. The first kappa shape index (κ1) is 16.7. The Hall–Kier alpha value is -2.67. The highest BCUT2D eigenvalue weighted by Crippen LogP contribution is 2.29. The molecule has 0 saturated heterocycles. The summed E-state index contributed by atoms with van der Waals surface area (Å²) in [6.45, 7) is 6.84. The van der Waals surface area contributed by atoms with E-state index >= 15 is 0 Å². The lowest BCUT2D eigenvalue weighted by atomic mass is 10.2.